The van der Waals surface area contributed by atoms with Gasteiger partial charge in [-0.15, -0.1) is 0 Å². The number of benzene rings is 2. The number of amides is 2. The maximum atomic E-state index is 13.2. The highest BCUT2D eigenvalue weighted by atomic mass is 16.7. The molecule has 56 heavy (non-hydrogen) atoms. The molecule has 0 spiro atoms. The summed E-state index contributed by atoms with van der Waals surface area (Å²) < 4.78 is 29.9. The molecule has 2 amide bonds. The Labute approximate surface area is 326 Å². The first-order chi connectivity index (χ1) is 27.1. The number of carbonyl (C=O) groups is 3. The van der Waals surface area contributed by atoms with Crippen LogP contribution >= 0.6 is 0 Å². The maximum absolute atomic E-state index is 13.2. The van der Waals surface area contributed by atoms with Crippen LogP contribution in [0.15, 0.2) is 102 Å². The Morgan fingerprint density at radius 2 is 1.66 bits per heavy atom. The first-order valence-corrected chi connectivity index (χ1v) is 18.8. The topological polar surface area (TPSA) is 192 Å². The number of ether oxygens (including phenoxy) is 5. The minimum absolute atomic E-state index is 0.0549. The van der Waals surface area contributed by atoms with Crippen molar-refractivity contribution >= 4 is 24.0 Å². The molecule has 300 valence electrons. The summed E-state index contributed by atoms with van der Waals surface area (Å²) in [5.41, 5.74) is 2.83. The van der Waals surface area contributed by atoms with E-state index in [1.165, 1.54) is 13.8 Å². The van der Waals surface area contributed by atoms with Crippen molar-refractivity contribution in [3.8, 4) is 0 Å². The SMILES string of the molecule is CC(C)(O)OC1C[C@H](n2ccc(NC(=O)OCc3ccccc3)nc2=NCCCC[C@H](NC(=O)OCC2=CC=CCC2)C(=O)OCc2ccccc2)O[C@@H]1CO. The summed E-state index contributed by atoms with van der Waals surface area (Å²) in [5.74, 6) is -1.86. The number of allylic oxidation sites excluding steroid dienone is 3. The molecule has 15 nitrogen and oxygen atoms in total. The quantitative estimate of drug-likeness (QED) is 0.0574. The average Bonchev–Trinajstić information content (AvgIpc) is 3.60. The van der Waals surface area contributed by atoms with Crippen molar-refractivity contribution in [3.05, 3.63) is 113 Å². The molecule has 1 saturated heterocycles. The number of nitrogens with zero attached hydrogens (tertiary/aromatic N) is 3. The molecule has 1 aromatic heterocycles. The van der Waals surface area contributed by atoms with E-state index >= 15 is 0 Å². The van der Waals surface area contributed by atoms with Crippen molar-refractivity contribution in [2.24, 2.45) is 4.99 Å². The number of hydrogen-bond donors (Lipinski definition) is 4. The van der Waals surface area contributed by atoms with Crippen molar-refractivity contribution in [2.75, 3.05) is 25.1 Å². The summed E-state index contributed by atoms with van der Waals surface area (Å²) in [6.45, 7) is 3.17. The molecule has 1 aliphatic heterocycles. The van der Waals surface area contributed by atoms with Crippen LogP contribution in [0.5, 0.6) is 0 Å². The maximum Gasteiger partial charge on any atom is 0.413 e. The van der Waals surface area contributed by atoms with Crippen molar-refractivity contribution < 1.29 is 48.3 Å². The summed E-state index contributed by atoms with van der Waals surface area (Å²) in [5, 5.41) is 25.6. The molecule has 15 heteroatoms. The number of hydrogen-bond acceptors (Lipinski definition) is 12. The molecule has 4 N–H and O–H groups in total. The Morgan fingerprint density at radius 3 is 2.32 bits per heavy atom. The van der Waals surface area contributed by atoms with E-state index in [0.717, 1.165) is 29.5 Å². The molecule has 2 aromatic carbocycles. The molecule has 2 aliphatic rings. The molecule has 5 rings (SSSR count). The van der Waals surface area contributed by atoms with E-state index in [1.54, 1.807) is 16.8 Å². The van der Waals surface area contributed by atoms with Gasteiger partial charge in [0.05, 0.1) is 12.7 Å². The van der Waals surface area contributed by atoms with Crippen molar-refractivity contribution in [1.82, 2.24) is 14.9 Å². The van der Waals surface area contributed by atoms with Gasteiger partial charge in [0.1, 0.15) is 44.0 Å². The van der Waals surface area contributed by atoms with Crippen LogP contribution in [0.1, 0.15) is 69.7 Å². The number of aliphatic hydroxyl groups is 2. The average molecular weight is 774 g/mol. The van der Waals surface area contributed by atoms with Crippen LogP contribution in [-0.4, -0.2) is 81.7 Å². The summed E-state index contributed by atoms with van der Waals surface area (Å²) in [7, 11) is 0. The number of anilines is 1. The highest BCUT2D eigenvalue weighted by Crippen LogP contribution is 2.32. The van der Waals surface area contributed by atoms with Crippen LogP contribution in [-0.2, 0) is 41.7 Å². The zero-order valence-corrected chi connectivity index (χ0v) is 31.7. The van der Waals surface area contributed by atoms with Crippen LogP contribution in [0.2, 0.25) is 0 Å². The lowest BCUT2D eigenvalue weighted by molar-refractivity contribution is -0.216. The number of aliphatic hydroxyl groups excluding tert-OH is 1. The first kappa shape index (κ1) is 41.8. The number of rotatable bonds is 18. The molecule has 1 fully saturated rings. The predicted molar refractivity (Wildman–Crippen MR) is 205 cm³/mol. The Kier molecular flexibility index (Phi) is 15.7. The lowest BCUT2D eigenvalue weighted by Crippen LogP contribution is -2.42. The van der Waals surface area contributed by atoms with E-state index in [-0.39, 0.29) is 57.2 Å². The molecular weight excluding hydrogens is 722 g/mol. The molecule has 1 unspecified atom stereocenters. The third kappa shape index (κ3) is 13.7. The van der Waals surface area contributed by atoms with Crippen molar-refractivity contribution in [1.29, 1.82) is 0 Å². The normalized spacial score (nSPS) is 18.8. The van der Waals surface area contributed by atoms with Gasteiger partial charge in [0.25, 0.3) is 0 Å². The molecule has 0 bridgehead atoms. The van der Waals surface area contributed by atoms with Gasteiger partial charge in [-0.1, -0.05) is 78.9 Å². The number of nitrogens with one attached hydrogen (secondary N) is 2. The van der Waals surface area contributed by atoms with Gasteiger partial charge in [-0.3, -0.25) is 14.9 Å². The van der Waals surface area contributed by atoms with Gasteiger partial charge < -0.3 is 39.2 Å². The minimum Gasteiger partial charge on any atom is -0.459 e. The summed E-state index contributed by atoms with van der Waals surface area (Å²) in [6, 6.07) is 19.1. The van der Waals surface area contributed by atoms with E-state index in [1.807, 2.05) is 78.9 Å². The Balaban J connectivity index is 1.25. The molecule has 0 radical (unpaired) electrons. The second-order valence-corrected chi connectivity index (χ2v) is 13.9. The zero-order valence-electron chi connectivity index (χ0n) is 31.7. The number of carbonyl (C=O) groups excluding carboxylic acids is 3. The van der Waals surface area contributed by atoms with Crippen LogP contribution in [0.25, 0.3) is 0 Å². The van der Waals surface area contributed by atoms with Crippen LogP contribution in [0.3, 0.4) is 0 Å². The zero-order chi connectivity index (χ0) is 39.8. The standard InChI is InChI=1S/C41H51N5O10/c1-41(2,51)56-33-24-36(55-34(33)25-47)46-23-21-35(45-40(50)54-28-31-18-10-5-11-19-31)44-38(46)42-22-13-12-20-32(37(48)52-26-29-14-6-3-7-15-29)43-39(49)53-27-30-16-8-4-9-17-30/h3-8,10-11,14-16,18-19,21,23,32-34,36,47,51H,9,12-13,17,20,22,24-28H2,1-2H3,(H,43,49)(H,42,44,45,50)/t32-,33?,34+,36+/m0/s1. The molecule has 2 heterocycles. The third-order valence-electron chi connectivity index (χ3n) is 8.84. The van der Waals surface area contributed by atoms with Gasteiger partial charge in [0.2, 0.25) is 5.62 Å². The number of esters is 1. The second-order valence-electron chi connectivity index (χ2n) is 13.9. The number of aromatic nitrogens is 2. The van der Waals surface area contributed by atoms with Gasteiger partial charge in [-0.2, -0.15) is 4.98 Å². The fourth-order valence-corrected chi connectivity index (χ4v) is 6.06. The minimum atomic E-state index is -1.46. The summed E-state index contributed by atoms with van der Waals surface area (Å²) in [4.78, 5) is 47.9. The molecule has 3 aromatic rings. The third-order valence-corrected chi connectivity index (χ3v) is 8.84. The van der Waals surface area contributed by atoms with Crippen molar-refractivity contribution in [3.63, 3.8) is 0 Å². The van der Waals surface area contributed by atoms with Gasteiger partial charge in [0, 0.05) is 19.2 Å². The fourth-order valence-electron chi connectivity index (χ4n) is 6.06. The van der Waals surface area contributed by atoms with Gasteiger partial charge in [-0.25, -0.2) is 14.4 Å². The molecule has 4 atom stereocenters. The highest BCUT2D eigenvalue weighted by molar-refractivity contribution is 5.83. The Morgan fingerprint density at radius 1 is 0.964 bits per heavy atom. The predicted octanol–water partition coefficient (Wildman–Crippen LogP) is 5.21. The monoisotopic (exact) mass is 773 g/mol. The van der Waals surface area contributed by atoms with Gasteiger partial charge >= 0.3 is 18.2 Å². The van der Waals surface area contributed by atoms with Crippen LogP contribution < -0.4 is 16.3 Å². The van der Waals surface area contributed by atoms with E-state index in [4.69, 9.17) is 28.7 Å². The van der Waals surface area contributed by atoms with Crippen LogP contribution in [0, 0.1) is 0 Å². The lowest BCUT2D eigenvalue weighted by atomic mass is 10.1. The van der Waals surface area contributed by atoms with E-state index in [2.05, 4.69) is 15.6 Å². The van der Waals surface area contributed by atoms with E-state index in [0.29, 0.717) is 12.8 Å². The summed E-state index contributed by atoms with van der Waals surface area (Å²) >= 11 is 0. The molecular formula is C41H51N5O10. The van der Waals surface area contributed by atoms with Gasteiger partial charge in [-0.05, 0) is 68.7 Å². The second kappa shape index (κ2) is 21.1. The van der Waals surface area contributed by atoms with E-state index in [9.17, 15) is 24.6 Å². The number of alkyl carbamates (subject to hydrolysis) is 1. The van der Waals surface area contributed by atoms with Gasteiger partial charge in [0.15, 0.2) is 5.79 Å². The lowest BCUT2D eigenvalue weighted by Gasteiger charge is -2.25. The largest absolute Gasteiger partial charge is 0.459 e. The van der Waals surface area contributed by atoms with Crippen molar-refractivity contribution in [2.45, 2.75) is 95.9 Å². The number of unbranched alkanes of at least 4 members (excludes halogenated alkanes) is 1. The fraction of sp³-hybridized carbons (Fsp3) is 0.439. The summed E-state index contributed by atoms with van der Waals surface area (Å²) in [6.07, 6.45) is 7.29. The Bertz CT molecular complexity index is 1860. The first-order valence-electron chi connectivity index (χ1n) is 18.8. The van der Waals surface area contributed by atoms with Crippen LogP contribution in [0.4, 0.5) is 15.4 Å². The van der Waals surface area contributed by atoms with E-state index < -0.39 is 48.4 Å². The molecule has 0 saturated carbocycles. The highest BCUT2D eigenvalue weighted by Gasteiger charge is 2.39. The molecule has 1 aliphatic carbocycles. The smallest absolute Gasteiger partial charge is 0.413 e. The Hall–Kier alpha value is -5.35.